The molecule has 0 unspecified atom stereocenters. The van der Waals surface area contributed by atoms with Gasteiger partial charge in [0.05, 0.1) is 4.90 Å². The number of anilines is 2. The fraction of sp³-hybridized carbons (Fsp3) is 0.167. The van der Waals surface area contributed by atoms with Gasteiger partial charge in [0.2, 0.25) is 5.91 Å². The lowest BCUT2D eigenvalue weighted by atomic mass is 10.1. The van der Waals surface area contributed by atoms with Crippen molar-refractivity contribution in [3.8, 4) is 0 Å². The third-order valence-corrected chi connectivity index (χ3v) is 7.16. The molecular weight excluding hydrogens is 438 g/mol. The summed E-state index contributed by atoms with van der Waals surface area (Å²) in [6, 6.07) is 15.5. The van der Waals surface area contributed by atoms with Crippen molar-refractivity contribution in [1.29, 1.82) is 0 Å². The molecule has 1 amide bonds. The minimum absolute atomic E-state index is 0.0351. The molecule has 0 saturated heterocycles. The highest BCUT2D eigenvalue weighted by Crippen LogP contribution is 2.48. The Kier molecular flexibility index (Phi) is 5.26. The summed E-state index contributed by atoms with van der Waals surface area (Å²) in [5.74, 6) is 0.0493. The number of pyridine rings is 1. The summed E-state index contributed by atoms with van der Waals surface area (Å²) < 4.78 is 27.5. The van der Waals surface area contributed by atoms with E-state index in [9.17, 15) is 13.2 Å². The molecule has 1 fully saturated rings. The van der Waals surface area contributed by atoms with Gasteiger partial charge >= 0.3 is 0 Å². The van der Waals surface area contributed by atoms with E-state index in [-0.39, 0.29) is 28.5 Å². The van der Waals surface area contributed by atoms with Crippen LogP contribution in [0.25, 0.3) is 10.8 Å². The Morgan fingerprint density at radius 1 is 1.06 bits per heavy atom. The second-order valence-electron chi connectivity index (χ2n) is 8.11. The van der Waals surface area contributed by atoms with Gasteiger partial charge in [0.15, 0.2) is 5.82 Å². The maximum Gasteiger partial charge on any atom is 0.263 e. The highest BCUT2D eigenvalue weighted by molar-refractivity contribution is 7.92. The van der Waals surface area contributed by atoms with Crippen molar-refractivity contribution in [2.45, 2.75) is 24.2 Å². The van der Waals surface area contributed by atoms with E-state index < -0.39 is 10.0 Å². The largest absolute Gasteiger partial charge is 0.326 e. The van der Waals surface area contributed by atoms with Crippen molar-refractivity contribution in [1.82, 2.24) is 15.2 Å². The van der Waals surface area contributed by atoms with Gasteiger partial charge in [0.1, 0.15) is 0 Å². The lowest BCUT2D eigenvalue weighted by Crippen LogP contribution is -2.15. The van der Waals surface area contributed by atoms with Crippen LogP contribution in [0.4, 0.5) is 11.5 Å². The maximum atomic E-state index is 12.8. The zero-order valence-electron chi connectivity index (χ0n) is 17.8. The highest BCUT2D eigenvalue weighted by atomic mass is 32.2. The molecule has 1 aliphatic rings. The van der Waals surface area contributed by atoms with Crippen LogP contribution in [0.1, 0.15) is 23.5 Å². The quantitative estimate of drug-likeness (QED) is 0.452. The van der Waals surface area contributed by atoms with E-state index in [0.29, 0.717) is 0 Å². The van der Waals surface area contributed by atoms with E-state index >= 15 is 0 Å². The van der Waals surface area contributed by atoms with Gasteiger partial charge in [-0.15, -0.1) is 5.10 Å². The molecule has 2 atom stereocenters. The van der Waals surface area contributed by atoms with Crippen molar-refractivity contribution in [2.75, 3.05) is 10.0 Å². The number of hydrogen-bond donors (Lipinski definition) is 2. The van der Waals surface area contributed by atoms with E-state index in [1.54, 1.807) is 42.7 Å². The number of sulfonamides is 1. The molecule has 0 bridgehead atoms. The summed E-state index contributed by atoms with van der Waals surface area (Å²) in [4.78, 5) is 17.1. The van der Waals surface area contributed by atoms with Gasteiger partial charge in [-0.1, -0.05) is 18.2 Å². The normalized spacial score (nSPS) is 17.5. The molecule has 9 heteroatoms. The Morgan fingerprint density at radius 3 is 2.64 bits per heavy atom. The van der Waals surface area contributed by atoms with Crippen LogP contribution in [0.5, 0.6) is 0 Å². The van der Waals surface area contributed by atoms with Crippen molar-refractivity contribution in [3.05, 3.63) is 84.3 Å². The lowest BCUT2D eigenvalue weighted by Gasteiger charge is -2.09. The molecule has 0 aliphatic heterocycles. The molecule has 8 nitrogen and oxygen atoms in total. The second kappa shape index (κ2) is 8.25. The van der Waals surface area contributed by atoms with Crippen molar-refractivity contribution >= 4 is 38.2 Å². The van der Waals surface area contributed by atoms with E-state index in [1.165, 1.54) is 12.3 Å². The first-order chi connectivity index (χ1) is 15.9. The number of hydrogen-bond acceptors (Lipinski definition) is 6. The predicted octanol–water partition coefficient (Wildman–Crippen LogP) is 3.88. The van der Waals surface area contributed by atoms with Crippen molar-refractivity contribution < 1.29 is 13.2 Å². The first kappa shape index (κ1) is 21.0. The Bertz CT molecular complexity index is 1440. The fourth-order valence-corrected chi connectivity index (χ4v) is 4.92. The molecule has 1 aliphatic carbocycles. The molecule has 2 aromatic heterocycles. The topological polar surface area (TPSA) is 114 Å². The fourth-order valence-electron chi connectivity index (χ4n) is 3.92. The number of nitrogens with zero attached hydrogens (tertiary/aromatic N) is 3. The number of rotatable bonds is 6. The number of nitrogens with one attached hydrogen (secondary N) is 2. The highest BCUT2D eigenvalue weighted by Gasteiger charge is 2.44. The number of aryl methyl sites for hydroxylation is 1. The Morgan fingerprint density at radius 2 is 1.88 bits per heavy atom. The van der Waals surface area contributed by atoms with Gasteiger partial charge in [-0.2, -0.15) is 5.10 Å². The molecule has 2 N–H and O–H groups in total. The first-order valence-electron chi connectivity index (χ1n) is 10.5. The number of benzene rings is 2. The van der Waals surface area contributed by atoms with Crippen LogP contribution in [-0.2, 0) is 14.8 Å². The number of amides is 1. The summed E-state index contributed by atoms with van der Waals surface area (Å²) in [7, 11) is -3.76. The van der Waals surface area contributed by atoms with Crippen LogP contribution < -0.4 is 10.0 Å². The monoisotopic (exact) mass is 459 g/mol. The summed E-state index contributed by atoms with van der Waals surface area (Å²) in [5.41, 5.74) is 2.75. The molecule has 2 heterocycles. The summed E-state index contributed by atoms with van der Waals surface area (Å²) in [6.45, 7) is 1.99. The van der Waals surface area contributed by atoms with E-state index in [4.69, 9.17) is 0 Å². The molecular formula is C24H21N5O3S. The van der Waals surface area contributed by atoms with Gasteiger partial charge in [0.25, 0.3) is 10.0 Å². The smallest absolute Gasteiger partial charge is 0.263 e. The van der Waals surface area contributed by atoms with Crippen molar-refractivity contribution in [3.63, 3.8) is 0 Å². The standard InChI is InChI=1S/C24H21N5O3S/c1-15-13-25-14-17-4-7-18(11-20(15)17)27-24(30)22-12-21(22)16-5-8-19(9-6-16)33(31,32)29-23-3-2-10-26-28-23/h2-11,13-14,21-22H,12H2,1H3,(H,27,30)(H,28,29)/t21-,22+/m0/s1. The Labute approximate surface area is 191 Å². The van der Waals surface area contributed by atoms with Crippen molar-refractivity contribution in [2.24, 2.45) is 5.92 Å². The second-order valence-corrected chi connectivity index (χ2v) is 9.80. The Balaban J connectivity index is 1.25. The molecule has 0 radical (unpaired) electrons. The molecule has 0 spiro atoms. The lowest BCUT2D eigenvalue weighted by molar-refractivity contribution is -0.117. The third-order valence-electron chi connectivity index (χ3n) is 5.78. The van der Waals surface area contributed by atoms with Crippen LogP contribution in [0.15, 0.2) is 78.1 Å². The zero-order chi connectivity index (χ0) is 23.0. The third kappa shape index (κ3) is 4.40. The molecule has 2 aromatic carbocycles. The van der Waals surface area contributed by atoms with Gasteiger partial charge in [-0.3, -0.25) is 14.5 Å². The summed E-state index contributed by atoms with van der Waals surface area (Å²) in [6.07, 6.45) is 5.80. The molecule has 5 rings (SSSR count). The van der Waals surface area contributed by atoms with E-state index in [2.05, 4.69) is 25.2 Å². The van der Waals surface area contributed by atoms with E-state index in [1.807, 2.05) is 25.1 Å². The Hall–Kier alpha value is -3.85. The molecule has 166 valence electrons. The maximum absolute atomic E-state index is 12.8. The van der Waals surface area contributed by atoms with Crippen LogP contribution in [0.3, 0.4) is 0 Å². The zero-order valence-corrected chi connectivity index (χ0v) is 18.6. The first-order valence-corrected chi connectivity index (χ1v) is 11.9. The van der Waals surface area contributed by atoms with Gasteiger partial charge in [0, 0.05) is 35.6 Å². The SMILES string of the molecule is Cc1cncc2ccc(NC(=O)[C@@H]3C[C@H]3c3ccc(S(=O)(=O)Nc4cccnn4)cc3)cc12. The molecule has 4 aromatic rings. The number of aromatic nitrogens is 3. The molecule has 1 saturated carbocycles. The number of fused-ring (bicyclic) bond motifs is 1. The average Bonchev–Trinajstić information content (AvgIpc) is 3.61. The minimum atomic E-state index is -3.76. The van der Waals surface area contributed by atoms with Gasteiger partial charge < -0.3 is 5.32 Å². The van der Waals surface area contributed by atoms with E-state index in [0.717, 1.165) is 34.0 Å². The number of carbonyl (C=O) groups excluding carboxylic acids is 1. The number of carbonyl (C=O) groups is 1. The summed E-state index contributed by atoms with van der Waals surface area (Å²) >= 11 is 0. The van der Waals surface area contributed by atoms with Gasteiger partial charge in [-0.25, -0.2) is 8.42 Å². The van der Waals surface area contributed by atoms with Crippen LogP contribution >= 0.6 is 0 Å². The molecule has 33 heavy (non-hydrogen) atoms. The summed E-state index contributed by atoms with van der Waals surface area (Å²) in [5, 5.41) is 12.5. The predicted molar refractivity (Wildman–Crippen MR) is 125 cm³/mol. The average molecular weight is 460 g/mol. The van der Waals surface area contributed by atoms with Crippen LogP contribution in [0.2, 0.25) is 0 Å². The minimum Gasteiger partial charge on any atom is -0.326 e. The van der Waals surface area contributed by atoms with Crippen LogP contribution in [-0.4, -0.2) is 29.5 Å². The van der Waals surface area contributed by atoms with Crippen LogP contribution in [0, 0.1) is 12.8 Å². The van der Waals surface area contributed by atoms with Gasteiger partial charge in [-0.05, 0) is 72.2 Å².